The molecule has 0 bridgehead atoms. The number of hydrogen-bond donors (Lipinski definition) is 0. The predicted molar refractivity (Wildman–Crippen MR) is 152 cm³/mol. The van der Waals surface area contributed by atoms with Crippen LogP contribution in [0.25, 0.3) is 0 Å². The second-order valence-corrected chi connectivity index (χ2v) is 11.7. The number of allylic oxidation sites excluding steroid dienone is 1. The highest BCUT2D eigenvalue weighted by Crippen LogP contribution is 2.53. The molecular weight excluding hydrogens is 559 g/mol. The summed E-state index contributed by atoms with van der Waals surface area (Å²) in [6.07, 6.45) is 0. The Kier molecular flexibility index (Phi) is 7.94. The van der Waals surface area contributed by atoms with E-state index in [0.717, 1.165) is 22.0 Å². The lowest BCUT2D eigenvalue weighted by Crippen LogP contribution is -2.53. The topological polar surface area (TPSA) is 82.5 Å². The van der Waals surface area contributed by atoms with Crippen LogP contribution in [0.2, 0.25) is 10.0 Å². The quantitative estimate of drug-likeness (QED) is 0.447. The predicted octanol–water partition coefficient (Wildman–Crippen LogP) is 4.91. The Morgan fingerprint density at radius 2 is 1.64 bits per heavy atom. The van der Waals surface area contributed by atoms with Crippen LogP contribution >= 0.6 is 35.0 Å². The third kappa shape index (κ3) is 5.40. The fourth-order valence-corrected chi connectivity index (χ4v) is 6.67. The van der Waals surface area contributed by atoms with E-state index in [1.54, 1.807) is 4.90 Å². The Morgan fingerprint density at radius 1 is 1.03 bits per heavy atom. The number of halogens is 2. The Bertz CT molecular complexity index is 1360. The Morgan fingerprint density at radius 3 is 2.21 bits per heavy atom. The zero-order valence-electron chi connectivity index (χ0n) is 21.8. The molecule has 0 spiro atoms. The van der Waals surface area contributed by atoms with E-state index < -0.39 is 5.97 Å². The molecule has 204 valence electrons. The number of fused-ring (bicyclic) bond motifs is 1. The Hall–Kier alpha value is -3.01. The van der Waals surface area contributed by atoms with Gasteiger partial charge in [0.1, 0.15) is 24.0 Å². The van der Waals surface area contributed by atoms with Gasteiger partial charge in [0.15, 0.2) is 5.17 Å². The second-order valence-electron chi connectivity index (χ2n) is 9.86. The molecule has 2 unspecified atom stereocenters. The number of methoxy groups -OCH3 is 1. The highest BCUT2D eigenvalue weighted by Gasteiger charge is 2.48. The molecule has 0 N–H and O–H groups in total. The van der Waals surface area contributed by atoms with Gasteiger partial charge in [0.2, 0.25) is 5.91 Å². The normalized spacial score (nSPS) is 21.0. The van der Waals surface area contributed by atoms with Crippen LogP contribution in [0.4, 0.5) is 0 Å². The van der Waals surface area contributed by atoms with Gasteiger partial charge in [-0.15, -0.1) is 0 Å². The molecule has 3 heterocycles. The average molecular weight is 588 g/mol. The molecule has 2 atom stereocenters. The molecule has 5 rings (SSSR count). The minimum atomic E-state index is -0.485. The van der Waals surface area contributed by atoms with Crippen molar-refractivity contribution >= 4 is 57.9 Å². The number of ether oxygens (including phenoxy) is 1. The maximum absolute atomic E-state index is 13.8. The van der Waals surface area contributed by atoms with Crippen molar-refractivity contribution in [2.24, 2.45) is 10.9 Å². The van der Waals surface area contributed by atoms with Gasteiger partial charge >= 0.3 is 5.97 Å². The van der Waals surface area contributed by atoms with E-state index in [1.165, 1.54) is 23.8 Å². The SMILES string of the molecule is COC(=O)CN1CCN(C(=O)C2=C(C(C)C)N3C(=NC(c4ccc(Cl)cc4)C3c3ccc(Cl)cc3)S2)CC1=O. The van der Waals surface area contributed by atoms with Gasteiger partial charge in [-0.25, -0.2) is 0 Å². The number of benzene rings is 2. The monoisotopic (exact) mass is 586 g/mol. The number of thioether (sulfide) groups is 1. The highest BCUT2D eigenvalue weighted by molar-refractivity contribution is 8.18. The first-order chi connectivity index (χ1) is 18.7. The number of amides is 2. The number of piperazine rings is 1. The zero-order chi connectivity index (χ0) is 27.8. The summed E-state index contributed by atoms with van der Waals surface area (Å²) in [5.41, 5.74) is 2.92. The summed E-state index contributed by atoms with van der Waals surface area (Å²) in [5, 5.41) is 2.04. The van der Waals surface area contributed by atoms with E-state index in [1.807, 2.05) is 48.5 Å². The molecule has 39 heavy (non-hydrogen) atoms. The molecule has 8 nitrogen and oxygen atoms in total. The van der Waals surface area contributed by atoms with Crippen LogP contribution in [0.3, 0.4) is 0 Å². The minimum Gasteiger partial charge on any atom is -0.468 e. The summed E-state index contributed by atoms with van der Waals surface area (Å²) in [6, 6.07) is 15.0. The first kappa shape index (κ1) is 27.6. The summed E-state index contributed by atoms with van der Waals surface area (Å²) in [4.78, 5) is 49.0. The molecule has 0 radical (unpaired) electrons. The maximum Gasteiger partial charge on any atom is 0.325 e. The maximum atomic E-state index is 13.8. The van der Waals surface area contributed by atoms with Crippen molar-refractivity contribution in [3.05, 3.63) is 80.3 Å². The van der Waals surface area contributed by atoms with Crippen molar-refractivity contribution < 1.29 is 19.1 Å². The summed E-state index contributed by atoms with van der Waals surface area (Å²) < 4.78 is 4.68. The number of nitrogens with zero attached hydrogens (tertiary/aromatic N) is 4. The van der Waals surface area contributed by atoms with E-state index in [4.69, 9.17) is 28.2 Å². The molecule has 1 saturated heterocycles. The van der Waals surface area contributed by atoms with Crippen LogP contribution in [0.15, 0.2) is 64.1 Å². The average Bonchev–Trinajstić information content (AvgIpc) is 3.46. The molecule has 3 aliphatic rings. The smallest absolute Gasteiger partial charge is 0.325 e. The summed E-state index contributed by atoms with van der Waals surface area (Å²) in [5.74, 6) is -0.959. The van der Waals surface area contributed by atoms with E-state index in [-0.39, 0.29) is 49.5 Å². The number of esters is 1. The molecule has 2 aromatic carbocycles. The lowest BCUT2D eigenvalue weighted by atomic mass is 9.92. The number of amidine groups is 1. The number of carbonyl (C=O) groups is 3. The lowest BCUT2D eigenvalue weighted by molar-refractivity contribution is -0.151. The van der Waals surface area contributed by atoms with Crippen LogP contribution in [0.5, 0.6) is 0 Å². The number of rotatable bonds is 6. The fraction of sp³-hybridized carbons (Fsp3) is 0.357. The summed E-state index contributed by atoms with van der Waals surface area (Å²) in [7, 11) is 1.29. The first-order valence-corrected chi connectivity index (χ1v) is 14.2. The summed E-state index contributed by atoms with van der Waals surface area (Å²) >= 11 is 13.7. The van der Waals surface area contributed by atoms with Crippen molar-refractivity contribution in [3.63, 3.8) is 0 Å². The zero-order valence-corrected chi connectivity index (χ0v) is 24.1. The molecule has 2 aromatic rings. The molecule has 0 saturated carbocycles. The van der Waals surface area contributed by atoms with Gasteiger partial charge < -0.3 is 19.4 Å². The molecule has 1 fully saturated rings. The van der Waals surface area contributed by atoms with Gasteiger partial charge in [-0.05, 0) is 53.1 Å². The van der Waals surface area contributed by atoms with E-state index in [9.17, 15) is 14.4 Å². The van der Waals surface area contributed by atoms with Crippen LogP contribution < -0.4 is 0 Å². The largest absolute Gasteiger partial charge is 0.468 e. The van der Waals surface area contributed by atoms with Crippen LogP contribution in [-0.4, -0.2) is 70.9 Å². The molecule has 0 aliphatic carbocycles. The number of carbonyl (C=O) groups excluding carboxylic acids is 3. The van der Waals surface area contributed by atoms with Crippen LogP contribution in [0, 0.1) is 5.92 Å². The van der Waals surface area contributed by atoms with Crippen LogP contribution in [-0.2, 0) is 19.1 Å². The van der Waals surface area contributed by atoms with Gasteiger partial charge in [-0.1, -0.05) is 61.3 Å². The van der Waals surface area contributed by atoms with Gasteiger partial charge in [-0.2, -0.15) is 0 Å². The van der Waals surface area contributed by atoms with Crippen molar-refractivity contribution in [1.82, 2.24) is 14.7 Å². The standard InChI is InChI=1S/C28H28Cl2N4O4S/c1-16(2)24-26(27(37)33-13-12-32(21(35)14-33)15-22(36)38-3)39-28-31-23(17-4-8-19(29)9-5-17)25(34(24)28)18-6-10-20(30)11-7-18/h4-11,16,23,25H,12-15H2,1-3H3. The third-order valence-corrected chi connectivity index (χ3v) is 8.61. The highest BCUT2D eigenvalue weighted by atomic mass is 35.5. The van der Waals surface area contributed by atoms with E-state index in [0.29, 0.717) is 21.5 Å². The van der Waals surface area contributed by atoms with Crippen molar-refractivity contribution in [2.75, 3.05) is 33.3 Å². The second kappa shape index (κ2) is 11.2. The number of aliphatic imine (C=N–C) groups is 1. The van der Waals surface area contributed by atoms with Gasteiger partial charge in [0.25, 0.3) is 5.91 Å². The first-order valence-electron chi connectivity index (χ1n) is 12.6. The molecule has 0 aromatic heterocycles. The van der Waals surface area contributed by atoms with Gasteiger partial charge in [0, 0.05) is 28.8 Å². The van der Waals surface area contributed by atoms with Crippen molar-refractivity contribution in [3.8, 4) is 0 Å². The van der Waals surface area contributed by atoms with E-state index in [2.05, 4.69) is 23.5 Å². The van der Waals surface area contributed by atoms with E-state index >= 15 is 0 Å². The number of hydrogen-bond acceptors (Lipinski definition) is 7. The molecule has 3 aliphatic heterocycles. The lowest BCUT2D eigenvalue weighted by Gasteiger charge is -2.34. The van der Waals surface area contributed by atoms with Gasteiger partial charge in [0.05, 0.1) is 13.2 Å². The van der Waals surface area contributed by atoms with Crippen molar-refractivity contribution in [1.29, 1.82) is 0 Å². The Balaban J connectivity index is 1.47. The third-order valence-electron chi connectivity index (χ3n) is 7.04. The van der Waals surface area contributed by atoms with Crippen molar-refractivity contribution in [2.45, 2.75) is 25.9 Å². The molecular formula is C28H28Cl2N4O4S. The summed E-state index contributed by atoms with van der Waals surface area (Å²) in [6.45, 7) is 4.50. The minimum absolute atomic E-state index is 0.0132. The van der Waals surface area contributed by atoms with Gasteiger partial charge in [-0.3, -0.25) is 19.4 Å². The fourth-order valence-electron chi connectivity index (χ4n) is 5.11. The Labute approximate surface area is 241 Å². The molecule has 11 heteroatoms. The molecule has 2 amide bonds. The van der Waals surface area contributed by atoms with Crippen LogP contribution in [0.1, 0.15) is 37.1 Å².